The fraction of sp³-hybridized carbons (Fsp3) is 0.250. The van der Waals surface area contributed by atoms with Crippen molar-refractivity contribution in [1.29, 1.82) is 0 Å². The van der Waals surface area contributed by atoms with Crippen LogP contribution in [0.3, 0.4) is 0 Å². The van der Waals surface area contributed by atoms with Crippen molar-refractivity contribution in [3.05, 3.63) is 89.4 Å². The number of benzene rings is 2. The SMILES string of the molecule is CC=C=CP1(=O)N(Cc2ccccc2)CCN1Cc1ccccc1. The molecule has 0 spiro atoms. The summed E-state index contributed by atoms with van der Waals surface area (Å²) in [7, 11) is -2.74. The lowest BCUT2D eigenvalue weighted by Gasteiger charge is -2.27. The number of hydrogen-bond donors (Lipinski definition) is 0. The normalized spacial score (nSPS) is 17.4. The van der Waals surface area contributed by atoms with E-state index in [4.69, 9.17) is 0 Å². The van der Waals surface area contributed by atoms with Crippen molar-refractivity contribution in [2.75, 3.05) is 13.1 Å². The molecule has 124 valence electrons. The zero-order valence-corrected chi connectivity index (χ0v) is 14.9. The molecule has 0 bridgehead atoms. The molecule has 1 heterocycles. The molecular formula is C20H23N2OP. The minimum atomic E-state index is -2.74. The van der Waals surface area contributed by atoms with Gasteiger partial charge in [0.15, 0.2) is 0 Å². The summed E-state index contributed by atoms with van der Waals surface area (Å²) in [6.45, 7) is 4.92. The minimum absolute atomic E-state index is 0.700. The highest BCUT2D eigenvalue weighted by Gasteiger charge is 2.40. The van der Waals surface area contributed by atoms with Crippen molar-refractivity contribution in [3.63, 3.8) is 0 Å². The van der Waals surface area contributed by atoms with Crippen molar-refractivity contribution in [3.8, 4) is 0 Å². The second-order valence-electron chi connectivity index (χ2n) is 5.92. The minimum Gasteiger partial charge on any atom is -0.283 e. The summed E-state index contributed by atoms with van der Waals surface area (Å²) in [5, 5.41) is 0. The maximum Gasteiger partial charge on any atom is 0.246 e. The van der Waals surface area contributed by atoms with E-state index in [9.17, 15) is 4.57 Å². The Labute approximate surface area is 144 Å². The van der Waals surface area contributed by atoms with Gasteiger partial charge in [-0.05, 0) is 24.1 Å². The number of nitrogens with zero attached hydrogens (tertiary/aromatic N) is 2. The summed E-state index contributed by atoms with van der Waals surface area (Å²) in [5.74, 6) is 1.77. The molecule has 0 saturated carbocycles. The average Bonchev–Trinajstić information content (AvgIpc) is 2.91. The van der Waals surface area contributed by atoms with E-state index in [0.717, 1.165) is 13.1 Å². The van der Waals surface area contributed by atoms with E-state index in [2.05, 4.69) is 39.3 Å². The molecule has 0 atom stereocenters. The molecule has 3 nitrogen and oxygen atoms in total. The molecule has 1 fully saturated rings. The Kier molecular flexibility index (Phi) is 5.50. The molecule has 4 heteroatoms. The standard InChI is InChI=1S/C20H23N2OP/c1-2-3-16-24(23)21(17-19-10-6-4-7-11-19)14-15-22(24)18-20-12-8-5-9-13-20/h2,4-13,16H,14-15,17-18H2,1H3. The van der Waals surface area contributed by atoms with E-state index in [-0.39, 0.29) is 0 Å². The van der Waals surface area contributed by atoms with E-state index in [0.29, 0.717) is 13.1 Å². The lowest BCUT2D eigenvalue weighted by molar-refractivity contribution is 0.443. The lowest BCUT2D eigenvalue weighted by atomic mass is 10.2. The van der Waals surface area contributed by atoms with Gasteiger partial charge in [-0.3, -0.25) is 4.57 Å². The van der Waals surface area contributed by atoms with Crippen LogP contribution in [-0.2, 0) is 17.7 Å². The molecule has 0 aliphatic carbocycles. The third kappa shape index (κ3) is 3.77. The molecule has 2 aromatic carbocycles. The highest BCUT2D eigenvalue weighted by Crippen LogP contribution is 2.59. The molecule has 1 aliphatic heterocycles. The quantitative estimate of drug-likeness (QED) is 0.573. The van der Waals surface area contributed by atoms with Gasteiger partial charge in [0.1, 0.15) is 0 Å². The number of hydrogen-bond acceptors (Lipinski definition) is 1. The van der Waals surface area contributed by atoms with Gasteiger partial charge in [-0.1, -0.05) is 60.7 Å². The van der Waals surface area contributed by atoms with Gasteiger partial charge in [-0.15, -0.1) is 5.73 Å². The predicted octanol–water partition coefficient (Wildman–Crippen LogP) is 4.89. The molecular weight excluding hydrogens is 315 g/mol. The Bertz CT molecular complexity index is 713. The monoisotopic (exact) mass is 338 g/mol. The highest BCUT2D eigenvalue weighted by atomic mass is 31.2. The summed E-state index contributed by atoms with van der Waals surface area (Å²) in [5.41, 5.74) is 5.44. The first-order valence-corrected chi connectivity index (χ1v) is 9.97. The highest BCUT2D eigenvalue weighted by molar-refractivity contribution is 7.62. The van der Waals surface area contributed by atoms with Gasteiger partial charge in [-0.2, -0.15) is 0 Å². The van der Waals surface area contributed by atoms with Crippen LogP contribution in [0.15, 0.2) is 78.3 Å². The molecule has 1 aliphatic rings. The molecule has 3 rings (SSSR count). The van der Waals surface area contributed by atoms with Crippen molar-refractivity contribution < 1.29 is 4.57 Å². The van der Waals surface area contributed by atoms with Crippen LogP contribution < -0.4 is 0 Å². The van der Waals surface area contributed by atoms with Crippen LogP contribution in [0.1, 0.15) is 18.1 Å². The van der Waals surface area contributed by atoms with Gasteiger partial charge in [0.05, 0.1) is 0 Å². The lowest BCUT2D eigenvalue weighted by Crippen LogP contribution is -2.18. The predicted molar refractivity (Wildman–Crippen MR) is 99.6 cm³/mol. The molecule has 0 unspecified atom stereocenters. The first kappa shape index (κ1) is 17.0. The van der Waals surface area contributed by atoms with Crippen LogP contribution in [0.25, 0.3) is 0 Å². The van der Waals surface area contributed by atoms with Gasteiger partial charge in [-0.25, -0.2) is 9.34 Å². The summed E-state index contributed by atoms with van der Waals surface area (Å²) in [6.07, 6.45) is 1.82. The molecule has 0 aromatic heterocycles. The van der Waals surface area contributed by atoms with Crippen LogP contribution in [0, 0.1) is 0 Å². The fourth-order valence-electron chi connectivity index (χ4n) is 2.98. The number of rotatable bonds is 5. The third-order valence-corrected chi connectivity index (χ3v) is 7.04. The van der Waals surface area contributed by atoms with Crippen LogP contribution in [0.4, 0.5) is 0 Å². The van der Waals surface area contributed by atoms with Crippen molar-refractivity contribution in [2.24, 2.45) is 0 Å². The Hall–Kier alpha value is -1.89. The summed E-state index contributed by atoms with van der Waals surface area (Å²) in [6, 6.07) is 20.5. The molecule has 2 aromatic rings. The summed E-state index contributed by atoms with van der Waals surface area (Å²) < 4.78 is 18.0. The van der Waals surface area contributed by atoms with Gasteiger partial charge >= 0.3 is 0 Å². The average molecular weight is 338 g/mol. The first-order chi connectivity index (χ1) is 11.7. The maximum absolute atomic E-state index is 13.8. The van der Waals surface area contributed by atoms with Crippen molar-refractivity contribution in [2.45, 2.75) is 20.0 Å². The van der Waals surface area contributed by atoms with Crippen LogP contribution in [0.2, 0.25) is 0 Å². The summed E-state index contributed by atoms with van der Waals surface area (Å²) >= 11 is 0. The molecule has 1 saturated heterocycles. The first-order valence-electron chi connectivity index (χ1n) is 8.29. The van der Waals surface area contributed by atoms with E-state index in [1.807, 2.05) is 49.4 Å². The molecule has 24 heavy (non-hydrogen) atoms. The smallest absolute Gasteiger partial charge is 0.246 e. The zero-order valence-electron chi connectivity index (χ0n) is 14.0. The molecule has 0 amide bonds. The fourth-order valence-corrected chi connectivity index (χ4v) is 5.49. The van der Waals surface area contributed by atoms with Gasteiger partial charge < -0.3 is 0 Å². The maximum atomic E-state index is 13.8. The van der Waals surface area contributed by atoms with E-state index in [1.54, 1.807) is 5.82 Å². The second kappa shape index (κ2) is 7.79. The van der Waals surface area contributed by atoms with Crippen LogP contribution in [0.5, 0.6) is 0 Å². The Balaban J connectivity index is 1.85. The van der Waals surface area contributed by atoms with Crippen molar-refractivity contribution in [1.82, 2.24) is 9.34 Å². The summed E-state index contributed by atoms with van der Waals surface area (Å²) in [4.78, 5) is 0. The van der Waals surface area contributed by atoms with E-state index < -0.39 is 7.44 Å². The Morgan fingerprint density at radius 3 is 1.79 bits per heavy atom. The third-order valence-electron chi connectivity index (χ3n) is 4.25. The van der Waals surface area contributed by atoms with Gasteiger partial charge in [0, 0.05) is 32.0 Å². The zero-order chi connectivity index (χ0) is 16.8. The Morgan fingerprint density at radius 2 is 1.38 bits per heavy atom. The van der Waals surface area contributed by atoms with Crippen molar-refractivity contribution >= 4 is 7.44 Å². The molecule has 0 radical (unpaired) electrons. The van der Waals surface area contributed by atoms with Crippen LogP contribution >= 0.6 is 7.44 Å². The van der Waals surface area contributed by atoms with Crippen LogP contribution in [-0.4, -0.2) is 22.4 Å². The van der Waals surface area contributed by atoms with E-state index >= 15 is 0 Å². The largest absolute Gasteiger partial charge is 0.283 e. The second-order valence-corrected chi connectivity index (χ2v) is 8.49. The van der Waals surface area contributed by atoms with E-state index in [1.165, 1.54) is 11.1 Å². The topological polar surface area (TPSA) is 23.6 Å². The number of allylic oxidation sites excluding steroid dienone is 1. The van der Waals surface area contributed by atoms with Gasteiger partial charge in [0.2, 0.25) is 7.44 Å². The Morgan fingerprint density at radius 1 is 0.917 bits per heavy atom. The molecule has 0 N–H and O–H groups in total. The van der Waals surface area contributed by atoms with Gasteiger partial charge in [0.25, 0.3) is 0 Å².